The van der Waals surface area contributed by atoms with Crippen LogP contribution in [0.3, 0.4) is 0 Å². The molecular weight excluding hydrogens is 428 g/mol. The first kappa shape index (κ1) is 23.8. The minimum absolute atomic E-state index is 0.158. The highest BCUT2D eigenvalue weighted by Gasteiger charge is 2.37. The molecule has 0 fully saturated rings. The number of para-hydroxylation sites is 1. The molecule has 1 aliphatic rings. The summed E-state index contributed by atoms with van der Waals surface area (Å²) in [6, 6.07) is 3.65. The maximum atomic E-state index is 13.1. The molecule has 0 bridgehead atoms. The number of carbonyl (C=O) groups is 5. The number of aromatic nitrogens is 1. The number of hydrogen-bond acceptors (Lipinski definition) is 5. The Morgan fingerprint density at radius 1 is 1.03 bits per heavy atom. The lowest BCUT2D eigenvalue weighted by Crippen LogP contribution is -2.54. The summed E-state index contributed by atoms with van der Waals surface area (Å²) in [7, 11) is 1.46. The standard InChI is InChI=1S/C22H28N6O5/c1-10(19(30)23-4)25-21(32)16-9-14-13-7-5-6-8-15(13)26-17(14)18(22(33)27-16)28-20(31)11(2)24-12(3)29/h5-8,10-11,16,18,26H,9H2,1-4H3,(H,23,30)(H,24,29)(H,25,32)(H,27,33)(H,28,31)/t10-,11-,16-,18-/m0/s1. The van der Waals surface area contributed by atoms with Crippen molar-refractivity contribution in [1.82, 2.24) is 31.6 Å². The zero-order valence-corrected chi connectivity index (χ0v) is 18.9. The number of rotatable bonds is 6. The van der Waals surface area contributed by atoms with Crippen LogP contribution in [0.2, 0.25) is 0 Å². The van der Waals surface area contributed by atoms with Crippen LogP contribution in [0.4, 0.5) is 0 Å². The minimum Gasteiger partial charge on any atom is -0.357 e. The van der Waals surface area contributed by atoms with Crippen LogP contribution < -0.4 is 26.6 Å². The zero-order chi connectivity index (χ0) is 24.3. The van der Waals surface area contributed by atoms with Crippen LogP contribution in [0.15, 0.2) is 24.3 Å². The predicted molar refractivity (Wildman–Crippen MR) is 120 cm³/mol. The van der Waals surface area contributed by atoms with E-state index in [1.165, 1.54) is 20.9 Å². The second-order valence-electron chi connectivity index (χ2n) is 8.04. The van der Waals surface area contributed by atoms with Gasteiger partial charge < -0.3 is 31.6 Å². The summed E-state index contributed by atoms with van der Waals surface area (Å²) in [5, 5.41) is 13.7. The first-order valence-corrected chi connectivity index (χ1v) is 10.6. The number of H-pyrrole nitrogens is 1. The lowest BCUT2D eigenvalue weighted by molar-refractivity contribution is -0.134. The number of aromatic amines is 1. The number of benzene rings is 1. The average Bonchev–Trinajstić information content (AvgIpc) is 3.06. The highest BCUT2D eigenvalue weighted by molar-refractivity contribution is 5.98. The quantitative estimate of drug-likeness (QED) is 0.333. The van der Waals surface area contributed by atoms with Crippen molar-refractivity contribution in [1.29, 1.82) is 0 Å². The summed E-state index contributed by atoms with van der Waals surface area (Å²) in [5.74, 6) is -2.40. The summed E-state index contributed by atoms with van der Waals surface area (Å²) in [6.07, 6.45) is 0.158. The molecule has 0 spiro atoms. The van der Waals surface area contributed by atoms with Gasteiger partial charge in [-0.3, -0.25) is 24.0 Å². The second kappa shape index (κ2) is 9.72. The van der Waals surface area contributed by atoms with Crippen LogP contribution in [-0.2, 0) is 30.4 Å². The smallest absolute Gasteiger partial charge is 0.249 e. The summed E-state index contributed by atoms with van der Waals surface area (Å²) in [4.78, 5) is 65.0. The molecule has 1 aromatic heterocycles. The van der Waals surface area contributed by atoms with E-state index in [2.05, 4.69) is 31.6 Å². The zero-order valence-electron chi connectivity index (χ0n) is 18.9. The Hall–Kier alpha value is -3.89. The monoisotopic (exact) mass is 456 g/mol. The van der Waals surface area contributed by atoms with Crippen molar-refractivity contribution >= 4 is 40.4 Å². The summed E-state index contributed by atoms with van der Waals surface area (Å²) >= 11 is 0. The van der Waals surface area contributed by atoms with Crippen molar-refractivity contribution in [3.63, 3.8) is 0 Å². The van der Waals surface area contributed by atoms with Gasteiger partial charge >= 0.3 is 0 Å². The van der Waals surface area contributed by atoms with Gasteiger partial charge in [0.15, 0.2) is 0 Å². The SMILES string of the molecule is CNC(=O)[C@H](C)NC(=O)[C@@H]1Cc2c([nH]c3ccccc23)[C@H](NC(=O)[C@H](C)NC(C)=O)C(=O)N1. The van der Waals surface area contributed by atoms with Crippen LogP contribution in [0.5, 0.6) is 0 Å². The molecule has 0 unspecified atom stereocenters. The van der Waals surface area contributed by atoms with Crippen molar-refractivity contribution in [3.05, 3.63) is 35.5 Å². The van der Waals surface area contributed by atoms with Crippen molar-refractivity contribution in [3.8, 4) is 0 Å². The molecule has 11 nitrogen and oxygen atoms in total. The molecule has 176 valence electrons. The van der Waals surface area contributed by atoms with Gasteiger partial charge in [0.1, 0.15) is 24.2 Å². The van der Waals surface area contributed by atoms with Crippen LogP contribution in [-0.4, -0.2) is 59.7 Å². The molecule has 4 atom stereocenters. The molecule has 5 amide bonds. The third-order valence-corrected chi connectivity index (χ3v) is 5.54. The lowest BCUT2D eigenvalue weighted by Gasteiger charge is -2.21. The molecule has 2 heterocycles. The topological polar surface area (TPSA) is 161 Å². The summed E-state index contributed by atoms with van der Waals surface area (Å²) in [5.41, 5.74) is 1.92. The molecule has 6 N–H and O–H groups in total. The number of carbonyl (C=O) groups excluding carboxylic acids is 5. The molecule has 0 aliphatic carbocycles. The van der Waals surface area contributed by atoms with Crippen molar-refractivity contribution < 1.29 is 24.0 Å². The van der Waals surface area contributed by atoms with E-state index < -0.39 is 41.9 Å². The Kier molecular flexibility index (Phi) is 7.00. The Labute approximate surface area is 190 Å². The van der Waals surface area contributed by atoms with E-state index in [0.717, 1.165) is 10.9 Å². The van der Waals surface area contributed by atoms with E-state index in [0.29, 0.717) is 11.3 Å². The van der Waals surface area contributed by atoms with Gasteiger partial charge in [-0.2, -0.15) is 0 Å². The number of nitrogens with one attached hydrogen (secondary N) is 6. The Balaban J connectivity index is 1.94. The largest absolute Gasteiger partial charge is 0.357 e. The minimum atomic E-state index is -1.11. The van der Waals surface area contributed by atoms with Crippen LogP contribution >= 0.6 is 0 Å². The third-order valence-electron chi connectivity index (χ3n) is 5.54. The summed E-state index contributed by atoms with van der Waals surface area (Å²) in [6.45, 7) is 4.34. The fraction of sp³-hybridized carbons (Fsp3) is 0.409. The molecule has 11 heteroatoms. The van der Waals surface area contributed by atoms with Gasteiger partial charge in [-0.25, -0.2) is 0 Å². The van der Waals surface area contributed by atoms with Gasteiger partial charge in [-0.1, -0.05) is 18.2 Å². The average molecular weight is 457 g/mol. The molecule has 0 saturated heterocycles. The first-order valence-electron chi connectivity index (χ1n) is 10.6. The molecule has 0 saturated carbocycles. The molecule has 1 aromatic carbocycles. The van der Waals surface area contributed by atoms with Crippen LogP contribution in [0.25, 0.3) is 10.9 Å². The maximum absolute atomic E-state index is 13.1. The van der Waals surface area contributed by atoms with Gasteiger partial charge in [0.25, 0.3) is 0 Å². The number of fused-ring (bicyclic) bond motifs is 3. The number of hydrogen-bond donors (Lipinski definition) is 6. The van der Waals surface area contributed by atoms with Gasteiger partial charge in [0, 0.05) is 31.3 Å². The Morgan fingerprint density at radius 2 is 1.70 bits per heavy atom. The highest BCUT2D eigenvalue weighted by Crippen LogP contribution is 2.30. The molecule has 0 radical (unpaired) electrons. The molecule has 1 aliphatic heterocycles. The van der Waals surface area contributed by atoms with Crippen molar-refractivity contribution in [2.45, 2.75) is 51.4 Å². The highest BCUT2D eigenvalue weighted by atomic mass is 16.2. The molecule has 2 aromatic rings. The normalized spacial score (nSPS) is 19.3. The Bertz CT molecular complexity index is 1110. The van der Waals surface area contributed by atoms with Crippen LogP contribution in [0, 0.1) is 0 Å². The van der Waals surface area contributed by atoms with Crippen LogP contribution in [0.1, 0.15) is 38.1 Å². The number of likely N-dealkylation sites (N-methyl/N-ethyl adjacent to an activating group) is 1. The fourth-order valence-corrected chi connectivity index (χ4v) is 3.86. The van der Waals surface area contributed by atoms with E-state index in [-0.39, 0.29) is 18.2 Å². The van der Waals surface area contributed by atoms with Gasteiger partial charge in [-0.15, -0.1) is 0 Å². The van der Waals surface area contributed by atoms with Gasteiger partial charge in [-0.05, 0) is 25.5 Å². The second-order valence-corrected chi connectivity index (χ2v) is 8.04. The molecule has 33 heavy (non-hydrogen) atoms. The first-order chi connectivity index (χ1) is 15.6. The van der Waals surface area contributed by atoms with Gasteiger partial charge in [0.2, 0.25) is 29.5 Å². The lowest BCUT2D eigenvalue weighted by atomic mass is 10.0. The fourth-order valence-electron chi connectivity index (χ4n) is 3.86. The Morgan fingerprint density at radius 3 is 2.36 bits per heavy atom. The van der Waals surface area contributed by atoms with Gasteiger partial charge in [0.05, 0.1) is 5.69 Å². The predicted octanol–water partition coefficient (Wildman–Crippen LogP) is -0.859. The van der Waals surface area contributed by atoms with E-state index in [9.17, 15) is 24.0 Å². The van der Waals surface area contributed by atoms with E-state index in [1.807, 2.05) is 24.3 Å². The molecular formula is C22H28N6O5. The van der Waals surface area contributed by atoms with Crippen molar-refractivity contribution in [2.24, 2.45) is 0 Å². The molecule has 3 rings (SSSR count). The summed E-state index contributed by atoms with van der Waals surface area (Å²) < 4.78 is 0. The maximum Gasteiger partial charge on any atom is 0.249 e. The number of amides is 5. The van der Waals surface area contributed by atoms with E-state index in [4.69, 9.17) is 0 Å². The third kappa shape index (κ3) is 5.13. The van der Waals surface area contributed by atoms with E-state index in [1.54, 1.807) is 6.92 Å². The van der Waals surface area contributed by atoms with E-state index >= 15 is 0 Å². The van der Waals surface area contributed by atoms with Crippen molar-refractivity contribution in [2.75, 3.05) is 7.05 Å².